The SMILES string of the molecule is CC(=O)Nc1ccc(S(=O)(=O)NCCc2ccc(C(F)(F)F)cc2)cc1. The zero-order valence-electron chi connectivity index (χ0n) is 13.8. The normalized spacial score (nSPS) is 12.0. The molecule has 9 heteroatoms. The zero-order valence-corrected chi connectivity index (χ0v) is 14.6. The molecule has 1 amide bonds. The Balaban J connectivity index is 1.94. The Hall–Kier alpha value is -2.39. The molecule has 140 valence electrons. The van der Waals surface area contributed by atoms with Crippen molar-refractivity contribution in [2.75, 3.05) is 11.9 Å². The predicted octanol–water partition coefficient (Wildman–Crippen LogP) is 3.18. The molecule has 0 aliphatic carbocycles. The highest BCUT2D eigenvalue weighted by Gasteiger charge is 2.29. The molecule has 0 aliphatic rings. The summed E-state index contributed by atoms with van der Waals surface area (Å²) in [6.45, 7) is 1.38. The molecule has 2 rings (SSSR count). The van der Waals surface area contributed by atoms with Gasteiger partial charge in [-0.2, -0.15) is 13.2 Å². The van der Waals surface area contributed by atoms with Gasteiger partial charge in [-0.05, 0) is 48.4 Å². The van der Waals surface area contributed by atoms with Gasteiger partial charge >= 0.3 is 6.18 Å². The van der Waals surface area contributed by atoms with E-state index in [1.807, 2.05) is 0 Å². The number of amides is 1. The molecule has 2 aromatic carbocycles. The lowest BCUT2D eigenvalue weighted by Gasteiger charge is -2.09. The van der Waals surface area contributed by atoms with Crippen LogP contribution in [0.2, 0.25) is 0 Å². The number of alkyl halides is 3. The third-order valence-electron chi connectivity index (χ3n) is 3.47. The smallest absolute Gasteiger partial charge is 0.326 e. The fraction of sp³-hybridized carbons (Fsp3) is 0.235. The Kier molecular flexibility index (Phi) is 6.04. The van der Waals surface area contributed by atoms with Crippen molar-refractivity contribution in [2.45, 2.75) is 24.4 Å². The summed E-state index contributed by atoms with van der Waals surface area (Å²) in [6.07, 6.45) is -4.15. The maximum absolute atomic E-state index is 12.5. The topological polar surface area (TPSA) is 75.3 Å². The number of benzene rings is 2. The molecule has 26 heavy (non-hydrogen) atoms. The van der Waals surface area contributed by atoms with Crippen molar-refractivity contribution < 1.29 is 26.4 Å². The molecule has 0 unspecified atom stereocenters. The molecule has 2 aromatic rings. The van der Waals surface area contributed by atoms with E-state index >= 15 is 0 Å². The lowest BCUT2D eigenvalue weighted by molar-refractivity contribution is -0.137. The Morgan fingerprint density at radius 2 is 1.58 bits per heavy atom. The third-order valence-corrected chi connectivity index (χ3v) is 4.95. The summed E-state index contributed by atoms with van der Waals surface area (Å²) in [5, 5.41) is 2.53. The second-order valence-corrected chi connectivity index (χ2v) is 7.31. The molecule has 0 aliphatic heterocycles. The van der Waals surface area contributed by atoms with Crippen molar-refractivity contribution in [3.8, 4) is 0 Å². The van der Waals surface area contributed by atoms with Crippen molar-refractivity contribution in [1.29, 1.82) is 0 Å². The van der Waals surface area contributed by atoms with Gasteiger partial charge in [0.2, 0.25) is 15.9 Å². The second kappa shape index (κ2) is 7.88. The summed E-state index contributed by atoms with van der Waals surface area (Å²) in [4.78, 5) is 11.0. The lowest BCUT2D eigenvalue weighted by atomic mass is 10.1. The number of carbonyl (C=O) groups is 1. The second-order valence-electron chi connectivity index (χ2n) is 5.55. The van der Waals surface area contributed by atoms with Gasteiger partial charge in [-0.25, -0.2) is 13.1 Å². The summed E-state index contributed by atoms with van der Waals surface area (Å²) in [5.74, 6) is -0.268. The van der Waals surface area contributed by atoms with Crippen LogP contribution in [-0.2, 0) is 27.4 Å². The number of rotatable bonds is 6. The van der Waals surface area contributed by atoms with Crippen LogP contribution in [0.4, 0.5) is 18.9 Å². The first-order chi connectivity index (χ1) is 12.1. The van der Waals surface area contributed by atoms with Crippen LogP contribution in [0.3, 0.4) is 0 Å². The number of anilines is 1. The molecule has 0 atom stereocenters. The van der Waals surface area contributed by atoms with Crippen molar-refractivity contribution in [2.24, 2.45) is 0 Å². The lowest BCUT2D eigenvalue weighted by Crippen LogP contribution is -2.26. The van der Waals surface area contributed by atoms with E-state index in [0.717, 1.165) is 12.1 Å². The number of halogens is 3. The summed E-state index contributed by atoms with van der Waals surface area (Å²) < 4.78 is 64.3. The summed E-state index contributed by atoms with van der Waals surface area (Å²) in [6, 6.07) is 10.2. The van der Waals surface area contributed by atoms with Crippen LogP contribution in [0.15, 0.2) is 53.4 Å². The first kappa shape index (κ1) is 19.9. The Morgan fingerprint density at radius 1 is 1.00 bits per heavy atom. The van der Waals surface area contributed by atoms with E-state index in [1.54, 1.807) is 0 Å². The highest BCUT2D eigenvalue weighted by molar-refractivity contribution is 7.89. The minimum Gasteiger partial charge on any atom is -0.326 e. The van der Waals surface area contributed by atoms with Gasteiger partial charge in [0.25, 0.3) is 0 Å². The van der Waals surface area contributed by atoms with Crippen LogP contribution in [0.25, 0.3) is 0 Å². The molecular weight excluding hydrogens is 369 g/mol. The Morgan fingerprint density at radius 3 is 2.08 bits per heavy atom. The largest absolute Gasteiger partial charge is 0.416 e. The average Bonchev–Trinajstić information content (AvgIpc) is 2.54. The first-order valence-electron chi connectivity index (χ1n) is 7.61. The van der Waals surface area contributed by atoms with E-state index < -0.39 is 21.8 Å². The van der Waals surface area contributed by atoms with Crippen LogP contribution >= 0.6 is 0 Å². The molecule has 0 saturated carbocycles. The summed E-state index contributed by atoms with van der Waals surface area (Å²) in [5.41, 5.74) is 0.309. The van der Waals surface area contributed by atoms with Gasteiger partial charge < -0.3 is 5.32 Å². The predicted molar refractivity (Wildman–Crippen MR) is 91.1 cm³/mol. The molecule has 0 spiro atoms. The van der Waals surface area contributed by atoms with E-state index in [2.05, 4.69) is 10.0 Å². The zero-order chi connectivity index (χ0) is 19.4. The van der Waals surface area contributed by atoms with Crippen LogP contribution in [0.5, 0.6) is 0 Å². The van der Waals surface area contributed by atoms with Gasteiger partial charge in [-0.15, -0.1) is 0 Å². The van der Waals surface area contributed by atoms with Gasteiger partial charge in [0.1, 0.15) is 0 Å². The Labute approximate surface area is 149 Å². The number of hydrogen-bond acceptors (Lipinski definition) is 3. The van der Waals surface area contributed by atoms with Crippen LogP contribution in [0.1, 0.15) is 18.1 Å². The third kappa shape index (κ3) is 5.57. The fourth-order valence-corrected chi connectivity index (χ4v) is 3.23. The average molecular weight is 386 g/mol. The van der Waals surface area contributed by atoms with E-state index in [4.69, 9.17) is 0 Å². The molecule has 0 fully saturated rings. The van der Waals surface area contributed by atoms with Crippen LogP contribution in [-0.4, -0.2) is 20.9 Å². The van der Waals surface area contributed by atoms with E-state index in [0.29, 0.717) is 11.3 Å². The molecule has 0 heterocycles. The van der Waals surface area contributed by atoms with Gasteiger partial charge in [-0.1, -0.05) is 12.1 Å². The maximum Gasteiger partial charge on any atom is 0.416 e. The van der Waals surface area contributed by atoms with Gasteiger partial charge in [0.15, 0.2) is 0 Å². The highest BCUT2D eigenvalue weighted by atomic mass is 32.2. The van der Waals surface area contributed by atoms with Gasteiger partial charge in [-0.3, -0.25) is 4.79 Å². The number of sulfonamides is 1. The highest BCUT2D eigenvalue weighted by Crippen LogP contribution is 2.29. The van der Waals surface area contributed by atoms with Crippen molar-refractivity contribution >= 4 is 21.6 Å². The molecular formula is C17H17F3N2O3S. The number of nitrogens with one attached hydrogen (secondary N) is 2. The van der Waals surface area contributed by atoms with Gasteiger partial charge in [0.05, 0.1) is 10.5 Å². The number of hydrogen-bond donors (Lipinski definition) is 2. The van der Waals surface area contributed by atoms with E-state index in [1.165, 1.54) is 43.3 Å². The fourth-order valence-electron chi connectivity index (χ4n) is 2.19. The van der Waals surface area contributed by atoms with Crippen molar-refractivity contribution in [1.82, 2.24) is 4.72 Å². The minimum atomic E-state index is -4.40. The summed E-state index contributed by atoms with van der Waals surface area (Å²) >= 11 is 0. The monoisotopic (exact) mass is 386 g/mol. The van der Waals surface area contributed by atoms with Crippen molar-refractivity contribution in [3.63, 3.8) is 0 Å². The van der Waals surface area contributed by atoms with E-state index in [9.17, 15) is 26.4 Å². The van der Waals surface area contributed by atoms with E-state index in [-0.39, 0.29) is 23.8 Å². The quantitative estimate of drug-likeness (QED) is 0.801. The molecule has 5 nitrogen and oxygen atoms in total. The molecule has 0 saturated heterocycles. The van der Waals surface area contributed by atoms with Gasteiger partial charge in [0, 0.05) is 19.2 Å². The number of carbonyl (C=O) groups excluding carboxylic acids is 1. The molecule has 2 N–H and O–H groups in total. The minimum absolute atomic E-state index is 0.0269. The molecule has 0 aromatic heterocycles. The summed E-state index contributed by atoms with van der Waals surface area (Å²) in [7, 11) is -3.75. The first-order valence-corrected chi connectivity index (χ1v) is 9.10. The van der Waals surface area contributed by atoms with Crippen LogP contribution < -0.4 is 10.0 Å². The standard InChI is InChI=1S/C17H17F3N2O3S/c1-12(23)22-15-6-8-16(9-7-15)26(24,25)21-11-10-13-2-4-14(5-3-13)17(18,19)20/h2-9,21H,10-11H2,1H3,(H,22,23). The molecule has 0 bridgehead atoms. The maximum atomic E-state index is 12.5. The van der Waals surface area contributed by atoms with Crippen LogP contribution in [0, 0.1) is 0 Å². The Bertz CT molecular complexity index is 862. The molecule has 0 radical (unpaired) electrons. The van der Waals surface area contributed by atoms with Crippen molar-refractivity contribution in [3.05, 3.63) is 59.7 Å².